The van der Waals surface area contributed by atoms with E-state index < -0.39 is 11.6 Å². The molecule has 24 heavy (non-hydrogen) atoms. The summed E-state index contributed by atoms with van der Waals surface area (Å²) in [7, 11) is 0. The quantitative estimate of drug-likeness (QED) is 0.529. The third-order valence-corrected chi connectivity index (χ3v) is 5.42. The smallest absolute Gasteiger partial charge is 0.338 e. The molecular formula is C18H25NO5. The van der Waals surface area contributed by atoms with Crippen molar-refractivity contribution in [2.75, 3.05) is 19.7 Å². The Kier molecular flexibility index (Phi) is 4.53. The monoisotopic (exact) mass is 335 g/mol. The van der Waals surface area contributed by atoms with E-state index >= 15 is 0 Å². The third kappa shape index (κ3) is 3.13. The molecule has 132 valence electrons. The second kappa shape index (κ2) is 6.33. The van der Waals surface area contributed by atoms with Gasteiger partial charge in [-0.25, -0.2) is 9.59 Å². The Morgan fingerprint density at radius 3 is 2.88 bits per heavy atom. The van der Waals surface area contributed by atoms with Crippen LogP contribution in [0.1, 0.15) is 33.6 Å². The normalized spacial score (nSPS) is 40.2. The summed E-state index contributed by atoms with van der Waals surface area (Å²) < 4.78 is 11.1. The van der Waals surface area contributed by atoms with Crippen LogP contribution in [0.5, 0.6) is 0 Å². The van der Waals surface area contributed by atoms with Gasteiger partial charge in [0.2, 0.25) is 0 Å². The molecule has 0 bridgehead atoms. The first-order valence-electron chi connectivity index (χ1n) is 8.49. The van der Waals surface area contributed by atoms with E-state index in [1.807, 2.05) is 6.08 Å². The van der Waals surface area contributed by atoms with Crippen LogP contribution < -0.4 is 0 Å². The summed E-state index contributed by atoms with van der Waals surface area (Å²) in [5.41, 5.74) is 0.125. The number of carbonyl (C=O) groups excluding carboxylic acids is 2. The molecule has 0 saturated carbocycles. The van der Waals surface area contributed by atoms with E-state index in [0.29, 0.717) is 6.42 Å². The van der Waals surface area contributed by atoms with Gasteiger partial charge < -0.3 is 14.6 Å². The Hall–Kier alpha value is -1.66. The molecule has 1 fully saturated rings. The summed E-state index contributed by atoms with van der Waals surface area (Å²) >= 11 is 0. The SMILES string of the molecule is C/C1=C\C(=O)O[C@@H]2CCN3CC=C(COC(=O)[C@](C)(O)[C@H](C)C1)[C@H]23. The number of esters is 2. The average Bonchev–Trinajstić information content (AvgIpc) is 3.06. The highest BCUT2D eigenvalue weighted by Crippen LogP contribution is 2.33. The van der Waals surface area contributed by atoms with Crippen LogP contribution in [0.15, 0.2) is 23.3 Å². The predicted molar refractivity (Wildman–Crippen MR) is 87.1 cm³/mol. The van der Waals surface area contributed by atoms with Crippen molar-refractivity contribution in [2.24, 2.45) is 5.92 Å². The summed E-state index contributed by atoms with van der Waals surface area (Å²) in [6.45, 7) is 6.80. The van der Waals surface area contributed by atoms with Crippen molar-refractivity contribution in [3.8, 4) is 0 Å². The highest BCUT2D eigenvalue weighted by atomic mass is 16.6. The minimum absolute atomic E-state index is 0.0291. The Morgan fingerprint density at radius 1 is 1.38 bits per heavy atom. The maximum Gasteiger partial charge on any atom is 0.338 e. The largest absolute Gasteiger partial charge is 0.459 e. The van der Waals surface area contributed by atoms with Crippen LogP contribution in [-0.2, 0) is 19.1 Å². The maximum atomic E-state index is 12.4. The van der Waals surface area contributed by atoms with Gasteiger partial charge >= 0.3 is 11.9 Å². The van der Waals surface area contributed by atoms with Crippen LogP contribution in [-0.4, -0.2) is 59.4 Å². The fraction of sp³-hybridized carbons (Fsp3) is 0.667. The van der Waals surface area contributed by atoms with Crippen molar-refractivity contribution in [1.29, 1.82) is 0 Å². The Balaban J connectivity index is 1.88. The summed E-state index contributed by atoms with van der Waals surface area (Å²) in [5, 5.41) is 10.6. The molecular weight excluding hydrogens is 310 g/mol. The lowest BCUT2D eigenvalue weighted by molar-refractivity contribution is -0.168. The highest BCUT2D eigenvalue weighted by Gasteiger charge is 2.43. The predicted octanol–water partition coefficient (Wildman–Crippen LogP) is 1.19. The standard InChI is InChI=1S/C18H25NO5/c1-11-8-12(2)18(3,22)17(21)23-10-13-4-6-19-7-5-14(16(13)19)24-15(20)9-11/h4,9,12,14,16,22H,5-8,10H2,1-3H3/b11-9+/t12-,14-,16-,18-/m1/s1. The molecule has 3 aliphatic heterocycles. The molecule has 0 unspecified atom stereocenters. The molecule has 4 atom stereocenters. The molecule has 6 heteroatoms. The molecule has 0 amide bonds. The van der Waals surface area contributed by atoms with Gasteiger partial charge in [0, 0.05) is 19.2 Å². The van der Waals surface area contributed by atoms with Gasteiger partial charge in [-0.15, -0.1) is 0 Å². The molecule has 0 aromatic rings. The van der Waals surface area contributed by atoms with Crippen LogP contribution in [0, 0.1) is 5.92 Å². The zero-order valence-corrected chi connectivity index (χ0v) is 14.4. The third-order valence-electron chi connectivity index (χ3n) is 5.42. The van der Waals surface area contributed by atoms with Gasteiger partial charge in [-0.2, -0.15) is 0 Å². The van der Waals surface area contributed by atoms with Crippen LogP contribution in [0.2, 0.25) is 0 Å². The van der Waals surface area contributed by atoms with Crippen molar-refractivity contribution >= 4 is 11.9 Å². The van der Waals surface area contributed by atoms with Gasteiger partial charge in [-0.3, -0.25) is 4.90 Å². The van der Waals surface area contributed by atoms with Crippen LogP contribution in [0.3, 0.4) is 0 Å². The van der Waals surface area contributed by atoms with Gasteiger partial charge in [-0.1, -0.05) is 18.6 Å². The van der Waals surface area contributed by atoms with Crippen LogP contribution in [0.25, 0.3) is 0 Å². The molecule has 0 spiro atoms. The minimum atomic E-state index is -1.60. The summed E-state index contributed by atoms with van der Waals surface area (Å²) in [5.74, 6) is -1.35. The molecule has 0 aromatic heterocycles. The lowest BCUT2D eigenvalue weighted by Crippen LogP contribution is -2.44. The van der Waals surface area contributed by atoms with Crippen LogP contribution in [0.4, 0.5) is 0 Å². The first-order chi connectivity index (χ1) is 11.3. The van der Waals surface area contributed by atoms with E-state index in [1.54, 1.807) is 13.8 Å². The van der Waals surface area contributed by atoms with Crippen molar-refractivity contribution < 1.29 is 24.2 Å². The molecule has 6 nitrogen and oxygen atoms in total. The number of allylic oxidation sites excluding steroid dienone is 1. The number of rotatable bonds is 0. The fourth-order valence-electron chi connectivity index (χ4n) is 3.75. The van der Waals surface area contributed by atoms with Gasteiger partial charge in [0.15, 0.2) is 5.60 Å². The molecule has 0 radical (unpaired) electrons. The first-order valence-corrected chi connectivity index (χ1v) is 8.49. The number of ether oxygens (including phenoxy) is 2. The number of aliphatic hydroxyl groups is 1. The minimum Gasteiger partial charge on any atom is -0.459 e. The van der Waals surface area contributed by atoms with Crippen LogP contribution >= 0.6 is 0 Å². The van der Waals surface area contributed by atoms with Crippen molar-refractivity contribution in [1.82, 2.24) is 4.90 Å². The molecule has 3 heterocycles. The Labute approximate surface area is 142 Å². The van der Waals surface area contributed by atoms with Crippen molar-refractivity contribution in [3.63, 3.8) is 0 Å². The summed E-state index contributed by atoms with van der Waals surface area (Å²) in [4.78, 5) is 26.8. The van der Waals surface area contributed by atoms with E-state index in [0.717, 1.165) is 30.7 Å². The Bertz CT molecular complexity index is 607. The molecule has 1 N–H and O–H groups in total. The highest BCUT2D eigenvalue weighted by molar-refractivity contribution is 5.83. The van der Waals surface area contributed by atoms with E-state index in [4.69, 9.17) is 9.47 Å². The lowest BCUT2D eigenvalue weighted by Gasteiger charge is -2.28. The zero-order chi connectivity index (χ0) is 17.5. The molecule has 1 saturated heterocycles. The Morgan fingerprint density at radius 2 is 2.12 bits per heavy atom. The van der Waals surface area contributed by atoms with E-state index in [9.17, 15) is 14.7 Å². The number of cyclic esters (lactones) is 1. The maximum absolute atomic E-state index is 12.4. The second-order valence-electron chi connectivity index (χ2n) is 7.30. The first kappa shape index (κ1) is 17.2. The number of hydrogen-bond acceptors (Lipinski definition) is 6. The number of carbonyl (C=O) groups is 2. The van der Waals surface area contributed by atoms with E-state index in [1.165, 1.54) is 13.0 Å². The van der Waals surface area contributed by atoms with Crippen molar-refractivity contribution in [2.45, 2.75) is 51.4 Å². The van der Waals surface area contributed by atoms with Gasteiger partial charge in [0.05, 0.1) is 6.04 Å². The van der Waals surface area contributed by atoms with E-state index in [-0.39, 0.29) is 30.6 Å². The molecule has 0 aliphatic carbocycles. The van der Waals surface area contributed by atoms with E-state index in [2.05, 4.69) is 4.90 Å². The van der Waals surface area contributed by atoms with Crippen molar-refractivity contribution in [3.05, 3.63) is 23.3 Å². The number of nitrogens with zero attached hydrogens (tertiary/aromatic N) is 1. The molecule has 3 rings (SSSR count). The summed E-state index contributed by atoms with van der Waals surface area (Å²) in [6.07, 6.45) is 4.48. The second-order valence-corrected chi connectivity index (χ2v) is 7.30. The summed E-state index contributed by atoms with van der Waals surface area (Å²) in [6, 6.07) is -0.0291. The average molecular weight is 335 g/mol. The topological polar surface area (TPSA) is 76.1 Å². The lowest BCUT2D eigenvalue weighted by atomic mass is 9.85. The molecule has 0 aromatic carbocycles. The van der Waals surface area contributed by atoms with Gasteiger partial charge in [-0.05, 0) is 38.2 Å². The molecule has 3 aliphatic rings. The van der Waals surface area contributed by atoms with Gasteiger partial charge in [0.25, 0.3) is 0 Å². The fourth-order valence-corrected chi connectivity index (χ4v) is 3.75. The number of hydrogen-bond donors (Lipinski definition) is 1. The zero-order valence-electron chi connectivity index (χ0n) is 14.4. The van der Waals surface area contributed by atoms with Gasteiger partial charge in [0.1, 0.15) is 12.7 Å².